The minimum atomic E-state index is 0.545. The summed E-state index contributed by atoms with van der Waals surface area (Å²) < 4.78 is 2.98. The van der Waals surface area contributed by atoms with E-state index in [4.69, 9.17) is 5.41 Å². The molecule has 0 aliphatic carbocycles. The summed E-state index contributed by atoms with van der Waals surface area (Å²) in [7, 11) is 2.13. The highest BCUT2D eigenvalue weighted by Gasteiger charge is 2.14. The van der Waals surface area contributed by atoms with E-state index in [2.05, 4.69) is 77.7 Å². The molecule has 0 spiro atoms. The van der Waals surface area contributed by atoms with Gasteiger partial charge < -0.3 is 9.80 Å². The quantitative estimate of drug-likeness (QED) is 0.260. The number of piperazine rings is 1. The van der Waals surface area contributed by atoms with Crippen molar-refractivity contribution >= 4 is 18.7 Å². The third-order valence-corrected chi connectivity index (χ3v) is 5.48. The van der Waals surface area contributed by atoms with Crippen molar-refractivity contribution < 1.29 is 0 Å². The molecule has 0 saturated carbocycles. The number of allylic oxidation sites excluding steroid dienone is 3. The van der Waals surface area contributed by atoms with Crippen LogP contribution in [0.4, 0.5) is 0 Å². The van der Waals surface area contributed by atoms with E-state index in [-0.39, 0.29) is 0 Å². The maximum atomic E-state index is 8.18. The summed E-state index contributed by atoms with van der Waals surface area (Å²) in [4.78, 5) is 4.45. The number of hydrogen-bond donors (Lipinski definition) is 3. The molecule has 1 heterocycles. The van der Waals surface area contributed by atoms with Gasteiger partial charge in [0.15, 0.2) is 0 Å². The molecule has 4 nitrogen and oxygen atoms in total. The second kappa shape index (κ2) is 12.0. The lowest BCUT2D eigenvalue weighted by molar-refractivity contribution is 0.215. The van der Waals surface area contributed by atoms with Crippen molar-refractivity contribution in [1.82, 2.24) is 14.5 Å². The summed E-state index contributed by atoms with van der Waals surface area (Å²) in [5, 5.41) is 8.18. The molecular weight excluding hydrogens is 352 g/mol. The van der Waals surface area contributed by atoms with E-state index in [9.17, 15) is 0 Å². The first-order chi connectivity index (χ1) is 13.1. The van der Waals surface area contributed by atoms with Crippen molar-refractivity contribution in [2.75, 3.05) is 39.8 Å². The minimum Gasteiger partial charge on any atom is -0.355 e. The van der Waals surface area contributed by atoms with Crippen LogP contribution in [0.15, 0.2) is 48.6 Å². The van der Waals surface area contributed by atoms with Crippen molar-refractivity contribution in [2.24, 2.45) is 0 Å². The van der Waals surface area contributed by atoms with Crippen molar-refractivity contribution in [3.63, 3.8) is 0 Å². The SMILES string of the molecule is Cc1ccccc1C(CC/C=C/C=C\C(=N)N1CCN(C)CC1)CCNS. The summed E-state index contributed by atoms with van der Waals surface area (Å²) in [5.41, 5.74) is 2.81. The van der Waals surface area contributed by atoms with Gasteiger partial charge in [-0.05, 0) is 56.4 Å². The van der Waals surface area contributed by atoms with Crippen molar-refractivity contribution in [1.29, 1.82) is 5.41 Å². The predicted octanol–water partition coefficient (Wildman–Crippen LogP) is 4.02. The van der Waals surface area contributed by atoms with Gasteiger partial charge in [-0.3, -0.25) is 10.1 Å². The first-order valence-corrected chi connectivity index (χ1v) is 10.3. The van der Waals surface area contributed by atoms with E-state index < -0.39 is 0 Å². The molecule has 0 radical (unpaired) electrons. The third-order valence-electron chi connectivity index (χ3n) is 5.26. The Bertz CT molecular complexity index is 633. The Labute approximate surface area is 170 Å². The summed E-state index contributed by atoms with van der Waals surface area (Å²) in [5.74, 6) is 1.16. The van der Waals surface area contributed by atoms with Gasteiger partial charge in [0.05, 0.1) is 0 Å². The first-order valence-electron chi connectivity index (χ1n) is 9.89. The van der Waals surface area contributed by atoms with Gasteiger partial charge in [0.25, 0.3) is 0 Å². The van der Waals surface area contributed by atoms with Gasteiger partial charge >= 0.3 is 0 Å². The third kappa shape index (κ3) is 7.53. The molecule has 27 heavy (non-hydrogen) atoms. The van der Waals surface area contributed by atoms with Gasteiger partial charge in [0, 0.05) is 32.7 Å². The summed E-state index contributed by atoms with van der Waals surface area (Å²) in [6.45, 7) is 7.06. The Hall–Kier alpha value is -1.56. The number of amidine groups is 1. The van der Waals surface area contributed by atoms with Crippen molar-refractivity contribution in [3.05, 3.63) is 59.7 Å². The van der Waals surface area contributed by atoms with Gasteiger partial charge in [-0.15, -0.1) is 0 Å². The monoisotopic (exact) mass is 386 g/mol. The topological polar surface area (TPSA) is 42.4 Å². The van der Waals surface area contributed by atoms with Crippen LogP contribution in [0.1, 0.15) is 36.3 Å². The molecule has 2 rings (SSSR count). The number of benzene rings is 1. The van der Waals surface area contributed by atoms with Gasteiger partial charge in [-0.2, -0.15) is 0 Å². The van der Waals surface area contributed by atoms with Gasteiger partial charge in [0.2, 0.25) is 0 Å². The molecule has 0 bridgehead atoms. The second-order valence-corrected chi connectivity index (χ2v) is 7.61. The highest BCUT2D eigenvalue weighted by atomic mass is 32.1. The van der Waals surface area contributed by atoms with Crippen LogP contribution < -0.4 is 4.72 Å². The van der Waals surface area contributed by atoms with E-state index in [1.165, 1.54) is 11.1 Å². The van der Waals surface area contributed by atoms with Crippen LogP contribution in [0.2, 0.25) is 0 Å². The average molecular weight is 387 g/mol. The van der Waals surface area contributed by atoms with Crippen LogP contribution in [-0.4, -0.2) is 55.4 Å². The fraction of sp³-hybridized carbons (Fsp3) is 0.500. The largest absolute Gasteiger partial charge is 0.355 e. The molecule has 5 heteroatoms. The van der Waals surface area contributed by atoms with Crippen LogP contribution in [0.3, 0.4) is 0 Å². The number of thiol groups is 1. The molecule has 1 aliphatic rings. The van der Waals surface area contributed by atoms with Crippen LogP contribution in [0.5, 0.6) is 0 Å². The number of aryl methyl sites for hydroxylation is 1. The van der Waals surface area contributed by atoms with Crippen LogP contribution >= 0.6 is 12.8 Å². The number of hydrogen-bond acceptors (Lipinski definition) is 4. The highest BCUT2D eigenvalue weighted by molar-refractivity contribution is 7.78. The van der Waals surface area contributed by atoms with Crippen LogP contribution in [0.25, 0.3) is 0 Å². The number of nitrogens with zero attached hydrogens (tertiary/aromatic N) is 2. The van der Waals surface area contributed by atoms with Crippen molar-refractivity contribution in [3.8, 4) is 0 Å². The Morgan fingerprint density at radius 2 is 1.93 bits per heavy atom. The molecule has 0 aromatic heterocycles. The predicted molar refractivity (Wildman–Crippen MR) is 120 cm³/mol. The fourth-order valence-electron chi connectivity index (χ4n) is 3.51. The second-order valence-electron chi connectivity index (χ2n) is 7.29. The molecule has 1 atom stereocenters. The van der Waals surface area contributed by atoms with Crippen molar-refractivity contribution in [2.45, 2.75) is 32.1 Å². The maximum absolute atomic E-state index is 8.18. The molecule has 0 amide bonds. The summed E-state index contributed by atoms with van der Waals surface area (Å²) >= 11 is 4.14. The van der Waals surface area contributed by atoms with E-state index in [1.807, 2.05) is 12.2 Å². The molecule has 1 unspecified atom stereocenters. The number of rotatable bonds is 9. The fourth-order valence-corrected chi connectivity index (χ4v) is 3.64. The number of nitrogens with one attached hydrogen (secondary N) is 2. The smallest absolute Gasteiger partial charge is 0.120 e. The lowest BCUT2D eigenvalue weighted by atomic mass is 9.88. The molecule has 148 valence electrons. The van der Waals surface area contributed by atoms with E-state index in [1.54, 1.807) is 0 Å². The molecule has 2 N–H and O–H groups in total. The zero-order valence-electron chi connectivity index (χ0n) is 16.7. The molecule has 1 aliphatic heterocycles. The lowest BCUT2D eigenvalue weighted by Crippen LogP contribution is -2.46. The van der Waals surface area contributed by atoms with E-state index >= 15 is 0 Å². The Kier molecular flexibility index (Phi) is 9.67. The molecule has 1 saturated heterocycles. The molecule has 1 fully saturated rings. The standard InChI is InChI=1S/C22H34N4S/c1-19-9-7-8-11-21(19)20(13-14-24-27)10-5-3-4-6-12-22(23)26-17-15-25(2)16-18-26/h3-4,6-9,11-12,20,23-24,27H,5,10,13-18H2,1-2H3/b4-3+,12-6-,23-22?. The molecular formula is C22H34N4S. The zero-order valence-corrected chi connectivity index (χ0v) is 17.6. The van der Waals surface area contributed by atoms with Crippen LogP contribution in [0, 0.1) is 12.3 Å². The first kappa shape index (κ1) is 21.7. The van der Waals surface area contributed by atoms with Crippen LogP contribution in [-0.2, 0) is 0 Å². The Balaban J connectivity index is 1.79. The lowest BCUT2D eigenvalue weighted by Gasteiger charge is -2.33. The molecule has 1 aromatic carbocycles. The summed E-state index contributed by atoms with van der Waals surface area (Å²) in [6.07, 6.45) is 11.5. The normalized spacial score (nSPS) is 17.1. The summed E-state index contributed by atoms with van der Waals surface area (Å²) in [6, 6.07) is 8.68. The zero-order chi connectivity index (χ0) is 19.5. The average Bonchev–Trinajstić information content (AvgIpc) is 2.68. The van der Waals surface area contributed by atoms with E-state index in [0.717, 1.165) is 52.0 Å². The number of likely N-dealkylation sites (N-methyl/N-ethyl adjacent to an activating group) is 1. The van der Waals surface area contributed by atoms with Gasteiger partial charge in [-0.1, -0.05) is 55.3 Å². The van der Waals surface area contributed by atoms with Gasteiger partial charge in [-0.25, -0.2) is 0 Å². The highest BCUT2D eigenvalue weighted by Crippen LogP contribution is 2.27. The Morgan fingerprint density at radius 1 is 1.19 bits per heavy atom. The maximum Gasteiger partial charge on any atom is 0.120 e. The van der Waals surface area contributed by atoms with E-state index in [0.29, 0.717) is 11.8 Å². The minimum absolute atomic E-state index is 0.545. The molecule has 1 aromatic rings. The Morgan fingerprint density at radius 3 is 2.63 bits per heavy atom. The van der Waals surface area contributed by atoms with Gasteiger partial charge in [0.1, 0.15) is 5.84 Å².